The Morgan fingerprint density at radius 2 is 2.10 bits per heavy atom. The second kappa shape index (κ2) is 5.01. The molecule has 20 heavy (non-hydrogen) atoms. The molecule has 7 heteroatoms. The molecule has 1 aliphatic heterocycles. The predicted octanol–water partition coefficient (Wildman–Crippen LogP) is 1.97. The fourth-order valence-corrected chi connectivity index (χ4v) is 2.14. The van der Waals surface area contributed by atoms with E-state index in [1.165, 1.54) is 12.1 Å². The number of nitro benzene ring substituents is 1. The van der Waals surface area contributed by atoms with Gasteiger partial charge < -0.3 is 9.84 Å². The summed E-state index contributed by atoms with van der Waals surface area (Å²) in [4.78, 5) is 14.6. The Morgan fingerprint density at radius 3 is 2.65 bits per heavy atom. The van der Waals surface area contributed by atoms with Crippen molar-refractivity contribution in [2.24, 2.45) is 5.92 Å². The molecule has 3 rings (SSSR count). The maximum absolute atomic E-state index is 10.6. The van der Waals surface area contributed by atoms with E-state index in [1.54, 1.807) is 12.1 Å². The van der Waals surface area contributed by atoms with Crippen molar-refractivity contribution in [2.45, 2.75) is 12.8 Å². The highest BCUT2D eigenvalue weighted by atomic mass is 16.6. The third-order valence-corrected chi connectivity index (χ3v) is 3.69. The van der Waals surface area contributed by atoms with Crippen LogP contribution in [-0.2, 0) is 0 Å². The minimum Gasteiger partial charge on any atom is -0.339 e. The van der Waals surface area contributed by atoms with Gasteiger partial charge in [-0.2, -0.15) is 4.98 Å². The first-order valence-corrected chi connectivity index (χ1v) is 6.44. The van der Waals surface area contributed by atoms with Crippen LogP contribution in [0.5, 0.6) is 0 Å². The number of rotatable bonds is 4. The maximum Gasteiger partial charge on any atom is 0.269 e. The molecule has 1 saturated heterocycles. The van der Waals surface area contributed by atoms with Crippen LogP contribution in [0.15, 0.2) is 28.8 Å². The first kappa shape index (κ1) is 12.7. The number of nitrogens with one attached hydrogen (secondary N) is 1. The molecule has 1 unspecified atom stereocenters. The molecule has 0 amide bonds. The lowest BCUT2D eigenvalue weighted by Crippen LogP contribution is -2.44. The topological polar surface area (TPSA) is 94.1 Å². The highest BCUT2D eigenvalue weighted by molar-refractivity contribution is 5.56. The minimum absolute atomic E-state index is 0.0476. The van der Waals surface area contributed by atoms with Crippen LogP contribution in [0, 0.1) is 16.0 Å². The van der Waals surface area contributed by atoms with Crippen LogP contribution < -0.4 is 5.32 Å². The van der Waals surface area contributed by atoms with Crippen LogP contribution in [0.3, 0.4) is 0 Å². The molecule has 1 aliphatic rings. The van der Waals surface area contributed by atoms with E-state index in [1.807, 2.05) is 0 Å². The van der Waals surface area contributed by atoms with E-state index in [0.717, 1.165) is 13.1 Å². The van der Waals surface area contributed by atoms with E-state index in [0.29, 0.717) is 23.2 Å². The highest BCUT2D eigenvalue weighted by Gasteiger charge is 2.28. The number of aromatic nitrogens is 2. The lowest BCUT2D eigenvalue weighted by atomic mass is 9.89. The van der Waals surface area contributed by atoms with E-state index in [9.17, 15) is 10.1 Å². The molecule has 0 aliphatic carbocycles. The fourth-order valence-electron chi connectivity index (χ4n) is 2.14. The highest BCUT2D eigenvalue weighted by Crippen LogP contribution is 2.28. The van der Waals surface area contributed by atoms with Gasteiger partial charge in [0.15, 0.2) is 0 Å². The van der Waals surface area contributed by atoms with Crippen LogP contribution in [0.4, 0.5) is 5.69 Å². The van der Waals surface area contributed by atoms with Crippen LogP contribution in [0.2, 0.25) is 0 Å². The molecular formula is C13H14N4O3. The summed E-state index contributed by atoms with van der Waals surface area (Å²) in [5, 5.41) is 17.8. The van der Waals surface area contributed by atoms with Gasteiger partial charge in [0.1, 0.15) is 0 Å². The van der Waals surface area contributed by atoms with Gasteiger partial charge in [0.25, 0.3) is 5.69 Å². The number of hydrogen-bond donors (Lipinski definition) is 1. The van der Waals surface area contributed by atoms with Crippen molar-refractivity contribution in [1.29, 1.82) is 0 Å². The maximum atomic E-state index is 10.6. The van der Waals surface area contributed by atoms with Gasteiger partial charge in [-0.25, -0.2) is 0 Å². The number of benzene rings is 1. The van der Waals surface area contributed by atoms with Crippen molar-refractivity contribution in [3.05, 3.63) is 40.3 Å². The summed E-state index contributed by atoms with van der Waals surface area (Å²) in [7, 11) is 0. The molecular weight excluding hydrogens is 260 g/mol. The third kappa shape index (κ3) is 2.27. The van der Waals surface area contributed by atoms with Crippen molar-refractivity contribution < 1.29 is 9.45 Å². The van der Waals surface area contributed by atoms with Crippen molar-refractivity contribution in [2.75, 3.05) is 13.1 Å². The molecule has 1 aromatic heterocycles. The van der Waals surface area contributed by atoms with Crippen molar-refractivity contribution in [1.82, 2.24) is 15.5 Å². The molecule has 0 radical (unpaired) electrons. The second-order valence-electron chi connectivity index (χ2n) is 4.97. The predicted molar refractivity (Wildman–Crippen MR) is 71.2 cm³/mol. The van der Waals surface area contributed by atoms with Gasteiger partial charge in [-0.1, -0.05) is 12.1 Å². The Morgan fingerprint density at radius 1 is 1.40 bits per heavy atom. The Balaban J connectivity index is 1.80. The van der Waals surface area contributed by atoms with E-state index in [2.05, 4.69) is 22.4 Å². The third-order valence-electron chi connectivity index (χ3n) is 3.69. The standard InChI is InChI=1S/C13H14N4O3/c1-8(10-6-14-7-10)13-15-12(16-20-13)9-2-4-11(5-3-9)17(18)19/h2-5,8,10,14H,6-7H2,1H3. The zero-order valence-electron chi connectivity index (χ0n) is 10.9. The second-order valence-corrected chi connectivity index (χ2v) is 4.97. The summed E-state index contributed by atoms with van der Waals surface area (Å²) < 4.78 is 5.29. The van der Waals surface area contributed by atoms with Crippen molar-refractivity contribution in [3.63, 3.8) is 0 Å². The molecule has 0 bridgehead atoms. The molecule has 0 spiro atoms. The normalized spacial score (nSPS) is 16.6. The van der Waals surface area contributed by atoms with Crippen molar-refractivity contribution in [3.8, 4) is 11.4 Å². The number of hydrogen-bond acceptors (Lipinski definition) is 6. The van der Waals surface area contributed by atoms with Crippen LogP contribution in [-0.4, -0.2) is 28.2 Å². The SMILES string of the molecule is CC(c1nc(-c2ccc([N+](=O)[O-])cc2)no1)C1CNC1. The van der Waals surface area contributed by atoms with E-state index in [-0.39, 0.29) is 11.6 Å². The van der Waals surface area contributed by atoms with Gasteiger partial charge in [0, 0.05) is 23.6 Å². The number of non-ortho nitro benzene ring substituents is 1. The average molecular weight is 274 g/mol. The van der Waals surface area contributed by atoms with Crippen molar-refractivity contribution >= 4 is 5.69 Å². The van der Waals surface area contributed by atoms with Gasteiger partial charge in [0.05, 0.1) is 4.92 Å². The number of nitro groups is 1. The molecule has 2 aromatic rings. The largest absolute Gasteiger partial charge is 0.339 e. The van der Waals surface area contributed by atoms with Crippen LogP contribution in [0.25, 0.3) is 11.4 Å². The fraction of sp³-hybridized carbons (Fsp3) is 0.385. The molecule has 1 fully saturated rings. The first-order chi connectivity index (χ1) is 9.65. The Hall–Kier alpha value is -2.28. The summed E-state index contributed by atoms with van der Waals surface area (Å²) >= 11 is 0. The van der Waals surface area contributed by atoms with Crippen LogP contribution >= 0.6 is 0 Å². The monoisotopic (exact) mass is 274 g/mol. The lowest BCUT2D eigenvalue weighted by Gasteiger charge is -2.30. The van der Waals surface area contributed by atoms with Gasteiger partial charge in [-0.3, -0.25) is 10.1 Å². The Bertz CT molecular complexity index is 619. The lowest BCUT2D eigenvalue weighted by molar-refractivity contribution is -0.384. The van der Waals surface area contributed by atoms with E-state index < -0.39 is 4.92 Å². The molecule has 2 heterocycles. The van der Waals surface area contributed by atoms with Gasteiger partial charge in [-0.15, -0.1) is 0 Å². The summed E-state index contributed by atoms with van der Waals surface area (Å²) in [5.41, 5.74) is 0.760. The molecule has 7 nitrogen and oxygen atoms in total. The molecule has 104 valence electrons. The average Bonchev–Trinajstić information content (AvgIpc) is 2.86. The number of nitrogens with zero attached hydrogens (tertiary/aromatic N) is 3. The molecule has 1 atom stereocenters. The molecule has 1 aromatic carbocycles. The van der Waals surface area contributed by atoms with Crippen LogP contribution in [0.1, 0.15) is 18.7 Å². The minimum atomic E-state index is -0.433. The zero-order chi connectivity index (χ0) is 14.1. The quantitative estimate of drug-likeness (QED) is 0.676. The van der Waals surface area contributed by atoms with Gasteiger partial charge in [-0.05, 0) is 31.1 Å². The summed E-state index contributed by atoms with van der Waals surface area (Å²) in [6.07, 6.45) is 0. The van der Waals surface area contributed by atoms with E-state index in [4.69, 9.17) is 4.52 Å². The van der Waals surface area contributed by atoms with E-state index >= 15 is 0 Å². The molecule has 1 N–H and O–H groups in total. The Kier molecular flexibility index (Phi) is 3.19. The summed E-state index contributed by atoms with van der Waals surface area (Å²) in [6.45, 7) is 4.01. The Labute approximate surface area is 115 Å². The summed E-state index contributed by atoms with van der Waals surface area (Å²) in [6, 6.07) is 6.12. The smallest absolute Gasteiger partial charge is 0.269 e. The summed E-state index contributed by atoms with van der Waals surface area (Å²) in [5.74, 6) is 1.83. The molecule has 0 saturated carbocycles. The van der Waals surface area contributed by atoms with Gasteiger partial charge >= 0.3 is 0 Å². The zero-order valence-corrected chi connectivity index (χ0v) is 10.9. The van der Waals surface area contributed by atoms with Gasteiger partial charge in [0.2, 0.25) is 11.7 Å². The first-order valence-electron chi connectivity index (χ1n) is 6.44.